The molecule has 0 unspecified atom stereocenters. The molecule has 10 heteroatoms. The number of carbonyl (C=O) groups is 1. The number of benzene rings is 2. The molecule has 0 saturated heterocycles. The number of sulfonamides is 1. The molecule has 0 fully saturated rings. The lowest BCUT2D eigenvalue weighted by atomic mass is 10.2. The van der Waals surface area contributed by atoms with Crippen LogP contribution in [-0.2, 0) is 25.7 Å². The van der Waals surface area contributed by atoms with E-state index in [1.54, 1.807) is 6.92 Å². The van der Waals surface area contributed by atoms with Crippen molar-refractivity contribution in [3.63, 3.8) is 0 Å². The third-order valence-electron chi connectivity index (χ3n) is 3.24. The first kappa shape index (κ1) is 20.6. The van der Waals surface area contributed by atoms with Crippen molar-refractivity contribution in [3.8, 4) is 5.75 Å². The van der Waals surface area contributed by atoms with Crippen molar-refractivity contribution in [2.75, 3.05) is 17.9 Å². The van der Waals surface area contributed by atoms with E-state index in [1.165, 1.54) is 24.3 Å². The highest BCUT2D eigenvalue weighted by atomic mass is 32.2. The number of anilines is 1. The van der Waals surface area contributed by atoms with Gasteiger partial charge in [-0.15, -0.1) is 0 Å². The molecule has 0 aliphatic rings. The van der Waals surface area contributed by atoms with Crippen molar-refractivity contribution in [1.82, 2.24) is 0 Å². The fourth-order valence-electron chi connectivity index (χ4n) is 2.03. The third kappa shape index (κ3) is 5.88. The van der Waals surface area contributed by atoms with E-state index in [1.807, 2.05) is 0 Å². The molecule has 2 aromatic rings. The fraction of sp³-hybridized carbons (Fsp3) is 0.235. The highest BCUT2D eigenvalue weighted by Gasteiger charge is 2.30. The summed E-state index contributed by atoms with van der Waals surface area (Å²) in [5.74, 6) is -0.357. The zero-order chi connectivity index (χ0) is 20.1. The Morgan fingerprint density at radius 3 is 2.37 bits per heavy atom. The van der Waals surface area contributed by atoms with Gasteiger partial charge < -0.3 is 9.47 Å². The maximum absolute atomic E-state index is 12.6. The largest absolute Gasteiger partial charge is 0.482 e. The first-order chi connectivity index (χ1) is 12.6. The molecule has 0 bridgehead atoms. The van der Waals surface area contributed by atoms with Gasteiger partial charge in [0.05, 0.1) is 22.8 Å². The van der Waals surface area contributed by atoms with Crippen molar-refractivity contribution in [2.24, 2.45) is 0 Å². The lowest BCUT2D eigenvalue weighted by Crippen LogP contribution is -2.15. The number of esters is 1. The van der Waals surface area contributed by atoms with Crippen LogP contribution in [0.15, 0.2) is 53.4 Å². The Labute approximate surface area is 154 Å². The summed E-state index contributed by atoms with van der Waals surface area (Å²) < 4.78 is 74.5. The number of carbonyl (C=O) groups excluding carboxylic acids is 1. The highest BCUT2D eigenvalue weighted by Crippen LogP contribution is 2.30. The van der Waals surface area contributed by atoms with Gasteiger partial charge in [0.15, 0.2) is 6.61 Å². The Hall–Kier alpha value is -2.75. The van der Waals surface area contributed by atoms with Gasteiger partial charge in [-0.2, -0.15) is 13.2 Å². The van der Waals surface area contributed by atoms with Crippen molar-refractivity contribution in [1.29, 1.82) is 0 Å². The quantitative estimate of drug-likeness (QED) is 0.716. The molecule has 0 aliphatic carbocycles. The van der Waals surface area contributed by atoms with Crippen LogP contribution < -0.4 is 9.46 Å². The molecular formula is C17H16F3NO5S. The van der Waals surface area contributed by atoms with Crippen molar-refractivity contribution >= 4 is 21.7 Å². The molecule has 0 spiro atoms. The van der Waals surface area contributed by atoms with E-state index < -0.39 is 27.7 Å². The maximum atomic E-state index is 12.6. The number of rotatable bonds is 7. The molecule has 0 atom stereocenters. The molecule has 2 aromatic carbocycles. The Balaban J connectivity index is 2.11. The standard InChI is InChI=1S/C17H16F3NO5S/c1-2-25-16(22)11-26-14-5-3-4-13(10-14)21-27(23,24)15-8-6-12(7-9-15)17(18,19)20/h3-10,21H,2,11H2,1H3. The third-order valence-corrected chi connectivity index (χ3v) is 4.64. The predicted octanol–water partition coefficient (Wildman–Crippen LogP) is 3.45. The summed E-state index contributed by atoms with van der Waals surface area (Å²) in [6.45, 7) is 1.51. The summed E-state index contributed by atoms with van der Waals surface area (Å²) in [7, 11) is -4.10. The van der Waals surface area contributed by atoms with Crippen LogP contribution in [0.5, 0.6) is 5.75 Å². The van der Waals surface area contributed by atoms with Gasteiger partial charge in [0.2, 0.25) is 0 Å². The molecule has 27 heavy (non-hydrogen) atoms. The normalized spacial score (nSPS) is 11.7. The topological polar surface area (TPSA) is 81.7 Å². The number of hydrogen-bond donors (Lipinski definition) is 1. The second kappa shape index (κ2) is 8.30. The first-order valence-electron chi connectivity index (χ1n) is 7.70. The maximum Gasteiger partial charge on any atom is 0.416 e. The van der Waals surface area contributed by atoms with Crippen LogP contribution in [-0.4, -0.2) is 27.6 Å². The molecule has 1 N–H and O–H groups in total. The van der Waals surface area contributed by atoms with Gasteiger partial charge in [0.1, 0.15) is 5.75 Å². The summed E-state index contributed by atoms with van der Waals surface area (Å²) in [5, 5.41) is 0. The van der Waals surface area contributed by atoms with E-state index in [2.05, 4.69) is 4.72 Å². The Bertz CT molecular complexity index is 896. The first-order valence-corrected chi connectivity index (χ1v) is 9.18. The molecule has 6 nitrogen and oxygen atoms in total. The van der Waals surface area contributed by atoms with E-state index in [9.17, 15) is 26.4 Å². The number of ether oxygens (including phenoxy) is 2. The van der Waals surface area contributed by atoms with Crippen LogP contribution in [0, 0.1) is 0 Å². The summed E-state index contributed by atoms with van der Waals surface area (Å²) in [6, 6.07) is 8.87. The molecule has 0 radical (unpaired) electrons. The summed E-state index contributed by atoms with van der Waals surface area (Å²) in [5.41, 5.74) is -0.827. The SMILES string of the molecule is CCOC(=O)COc1cccc(NS(=O)(=O)c2ccc(C(F)(F)F)cc2)c1. The molecule has 2 rings (SSSR count). The average Bonchev–Trinajstić information content (AvgIpc) is 2.60. The van der Waals surface area contributed by atoms with Crippen LogP contribution in [0.4, 0.5) is 18.9 Å². The van der Waals surface area contributed by atoms with Gasteiger partial charge in [0.25, 0.3) is 10.0 Å². The molecule has 146 valence electrons. The van der Waals surface area contributed by atoms with Gasteiger partial charge in [0, 0.05) is 6.07 Å². The number of halogens is 3. The van der Waals surface area contributed by atoms with Gasteiger partial charge in [-0.3, -0.25) is 4.72 Å². The minimum absolute atomic E-state index is 0.122. The average molecular weight is 403 g/mol. The second-order valence-electron chi connectivity index (χ2n) is 5.25. The molecule has 0 saturated carbocycles. The number of hydrogen-bond acceptors (Lipinski definition) is 5. The van der Waals surface area contributed by atoms with E-state index in [4.69, 9.17) is 9.47 Å². The lowest BCUT2D eigenvalue weighted by molar-refractivity contribution is -0.145. The Morgan fingerprint density at radius 1 is 1.11 bits per heavy atom. The Kier molecular flexibility index (Phi) is 6.32. The van der Waals surface area contributed by atoms with Crippen LogP contribution in [0.25, 0.3) is 0 Å². The molecule has 0 aromatic heterocycles. The van der Waals surface area contributed by atoms with E-state index in [-0.39, 0.29) is 29.5 Å². The molecular weight excluding hydrogens is 387 g/mol. The minimum Gasteiger partial charge on any atom is -0.482 e. The minimum atomic E-state index is -4.56. The lowest BCUT2D eigenvalue weighted by Gasteiger charge is -2.11. The Morgan fingerprint density at radius 2 is 1.78 bits per heavy atom. The van der Waals surface area contributed by atoms with Crippen molar-refractivity contribution in [2.45, 2.75) is 18.0 Å². The monoisotopic (exact) mass is 403 g/mol. The van der Waals surface area contributed by atoms with Crippen LogP contribution in [0.3, 0.4) is 0 Å². The summed E-state index contributed by atoms with van der Waals surface area (Å²) >= 11 is 0. The van der Waals surface area contributed by atoms with Gasteiger partial charge in [-0.1, -0.05) is 6.07 Å². The molecule has 0 amide bonds. The zero-order valence-corrected chi connectivity index (χ0v) is 14.9. The van der Waals surface area contributed by atoms with Crippen molar-refractivity contribution < 1.29 is 35.9 Å². The van der Waals surface area contributed by atoms with Crippen LogP contribution in [0.2, 0.25) is 0 Å². The molecule has 0 aliphatic heterocycles. The molecule has 0 heterocycles. The number of alkyl halides is 3. The second-order valence-corrected chi connectivity index (χ2v) is 6.93. The van der Waals surface area contributed by atoms with E-state index in [0.29, 0.717) is 12.1 Å². The van der Waals surface area contributed by atoms with Crippen LogP contribution >= 0.6 is 0 Å². The van der Waals surface area contributed by atoms with Gasteiger partial charge in [-0.05, 0) is 43.3 Å². The fourth-order valence-corrected chi connectivity index (χ4v) is 3.08. The predicted molar refractivity (Wildman–Crippen MR) is 90.8 cm³/mol. The van der Waals surface area contributed by atoms with E-state index in [0.717, 1.165) is 12.1 Å². The van der Waals surface area contributed by atoms with Gasteiger partial charge in [-0.25, -0.2) is 13.2 Å². The summed E-state index contributed by atoms with van der Waals surface area (Å²) in [6.07, 6.45) is -4.56. The smallest absolute Gasteiger partial charge is 0.416 e. The van der Waals surface area contributed by atoms with Crippen molar-refractivity contribution in [3.05, 3.63) is 54.1 Å². The summed E-state index contributed by atoms with van der Waals surface area (Å²) in [4.78, 5) is 10.9. The van der Waals surface area contributed by atoms with Gasteiger partial charge >= 0.3 is 12.1 Å². The van der Waals surface area contributed by atoms with E-state index >= 15 is 0 Å². The highest BCUT2D eigenvalue weighted by molar-refractivity contribution is 7.92. The zero-order valence-electron chi connectivity index (χ0n) is 14.1. The number of nitrogens with one attached hydrogen (secondary N) is 1. The van der Waals surface area contributed by atoms with Crippen LogP contribution in [0.1, 0.15) is 12.5 Å².